The number of carbonyl (C=O) groups is 2. The molecule has 0 fully saturated rings. The molecule has 2 aromatic carbocycles. The smallest absolute Gasteiger partial charge is 0.366 e. The molecule has 2 amide bonds. The van der Waals surface area contributed by atoms with Gasteiger partial charge in [-0.1, -0.05) is 36.4 Å². The predicted molar refractivity (Wildman–Crippen MR) is 97.7 cm³/mol. The summed E-state index contributed by atoms with van der Waals surface area (Å²) in [5, 5.41) is 2.67. The van der Waals surface area contributed by atoms with Gasteiger partial charge in [0.2, 0.25) is 0 Å². The molecule has 0 unspecified atom stereocenters. The second kappa shape index (κ2) is 7.24. The van der Waals surface area contributed by atoms with E-state index in [-0.39, 0.29) is 16.1 Å². The molecule has 3 N–H and O–H groups in total. The number of nitrogens with two attached hydrogens (primary N) is 1. The number of halogens is 3. The molecule has 0 aliphatic rings. The van der Waals surface area contributed by atoms with Gasteiger partial charge in [-0.15, -0.1) is 11.3 Å². The van der Waals surface area contributed by atoms with Crippen molar-refractivity contribution in [3.05, 3.63) is 77.4 Å². The highest BCUT2D eigenvalue weighted by Crippen LogP contribution is 2.36. The lowest BCUT2D eigenvalue weighted by molar-refractivity contribution is -0.137. The van der Waals surface area contributed by atoms with Gasteiger partial charge >= 0.3 is 6.18 Å². The summed E-state index contributed by atoms with van der Waals surface area (Å²) in [6, 6.07) is 14.7. The number of carbonyl (C=O) groups excluding carboxylic acids is 2. The van der Waals surface area contributed by atoms with Gasteiger partial charge < -0.3 is 11.1 Å². The van der Waals surface area contributed by atoms with Crippen LogP contribution in [-0.4, -0.2) is 11.8 Å². The third-order valence-corrected chi connectivity index (χ3v) is 4.83. The van der Waals surface area contributed by atoms with Gasteiger partial charge in [0, 0.05) is 10.4 Å². The minimum absolute atomic E-state index is 0.0965. The van der Waals surface area contributed by atoms with Crippen molar-refractivity contribution in [3.63, 3.8) is 0 Å². The number of primary amides is 1. The quantitative estimate of drug-likeness (QED) is 0.673. The highest BCUT2D eigenvalue weighted by molar-refractivity contribution is 7.20. The van der Waals surface area contributed by atoms with Gasteiger partial charge in [-0.05, 0) is 29.8 Å². The number of hydrogen-bond acceptors (Lipinski definition) is 3. The summed E-state index contributed by atoms with van der Waals surface area (Å²) in [5.74, 6) is -1.50. The van der Waals surface area contributed by atoms with Crippen LogP contribution in [0.15, 0.2) is 60.7 Å². The first-order valence-corrected chi connectivity index (χ1v) is 8.55. The lowest BCUT2D eigenvalue weighted by Crippen LogP contribution is -2.17. The second-order valence-electron chi connectivity index (χ2n) is 5.62. The summed E-state index contributed by atoms with van der Waals surface area (Å²) in [5.41, 5.74) is 5.19. The third-order valence-electron chi connectivity index (χ3n) is 3.73. The Hall–Kier alpha value is -3.13. The molecule has 138 valence electrons. The van der Waals surface area contributed by atoms with Crippen molar-refractivity contribution in [1.29, 1.82) is 0 Å². The number of thiophene rings is 1. The molecular weight excluding hydrogens is 377 g/mol. The van der Waals surface area contributed by atoms with E-state index < -0.39 is 23.6 Å². The van der Waals surface area contributed by atoms with E-state index in [4.69, 9.17) is 5.73 Å². The van der Waals surface area contributed by atoms with Crippen LogP contribution in [0.5, 0.6) is 0 Å². The molecule has 8 heteroatoms. The van der Waals surface area contributed by atoms with Crippen molar-refractivity contribution in [2.24, 2.45) is 5.73 Å². The lowest BCUT2D eigenvalue weighted by atomic mass is 10.1. The first kappa shape index (κ1) is 18.7. The van der Waals surface area contributed by atoms with Crippen molar-refractivity contribution in [1.82, 2.24) is 0 Å². The Morgan fingerprint density at radius 1 is 0.963 bits per heavy atom. The normalized spacial score (nSPS) is 11.2. The Morgan fingerprint density at radius 2 is 1.67 bits per heavy atom. The van der Waals surface area contributed by atoms with E-state index in [1.54, 1.807) is 6.07 Å². The Bertz CT molecular complexity index is 998. The number of anilines is 1. The van der Waals surface area contributed by atoms with Crippen molar-refractivity contribution in [2.45, 2.75) is 6.18 Å². The minimum atomic E-state index is -4.56. The summed E-state index contributed by atoms with van der Waals surface area (Å²) in [6.07, 6.45) is -4.56. The van der Waals surface area contributed by atoms with Gasteiger partial charge in [0.25, 0.3) is 11.8 Å². The molecule has 0 bridgehead atoms. The molecule has 0 aliphatic carbocycles. The van der Waals surface area contributed by atoms with Crippen LogP contribution < -0.4 is 11.1 Å². The standard InChI is InChI=1S/C19H13F3N2O2S/c20-19(21,22)13-8-4-7-12(9-13)17(26)24-18-14(16(23)25)10-15(27-18)11-5-2-1-3-6-11/h1-10H,(H2,23,25)(H,24,26). The molecule has 1 aromatic heterocycles. The van der Waals surface area contributed by atoms with Gasteiger partial charge in [-0.2, -0.15) is 13.2 Å². The van der Waals surface area contributed by atoms with Gasteiger partial charge in [0.1, 0.15) is 5.00 Å². The summed E-state index contributed by atoms with van der Waals surface area (Å²) >= 11 is 1.12. The summed E-state index contributed by atoms with van der Waals surface area (Å²) in [7, 11) is 0. The first-order valence-electron chi connectivity index (χ1n) is 7.73. The molecule has 27 heavy (non-hydrogen) atoms. The molecule has 4 nitrogen and oxygen atoms in total. The zero-order valence-corrected chi connectivity index (χ0v) is 14.5. The Labute approximate surface area is 156 Å². The number of rotatable bonds is 4. The Morgan fingerprint density at radius 3 is 2.30 bits per heavy atom. The maximum Gasteiger partial charge on any atom is 0.416 e. The molecule has 0 atom stereocenters. The van der Waals surface area contributed by atoms with E-state index >= 15 is 0 Å². The fraction of sp³-hybridized carbons (Fsp3) is 0.0526. The largest absolute Gasteiger partial charge is 0.416 e. The summed E-state index contributed by atoms with van der Waals surface area (Å²) < 4.78 is 38.5. The number of hydrogen-bond donors (Lipinski definition) is 2. The maximum atomic E-state index is 12.8. The highest BCUT2D eigenvalue weighted by Gasteiger charge is 2.31. The van der Waals surface area contributed by atoms with E-state index in [1.165, 1.54) is 6.07 Å². The summed E-state index contributed by atoms with van der Waals surface area (Å²) in [6.45, 7) is 0. The van der Waals surface area contributed by atoms with Gasteiger partial charge in [-0.3, -0.25) is 9.59 Å². The van der Waals surface area contributed by atoms with E-state index in [1.807, 2.05) is 30.3 Å². The monoisotopic (exact) mass is 390 g/mol. The first-order chi connectivity index (χ1) is 12.8. The summed E-state index contributed by atoms with van der Waals surface area (Å²) in [4.78, 5) is 24.8. The fourth-order valence-electron chi connectivity index (χ4n) is 2.42. The van der Waals surface area contributed by atoms with Crippen LogP contribution in [0.1, 0.15) is 26.3 Å². The average molecular weight is 390 g/mol. The van der Waals surface area contributed by atoms with Crippen molar-refractivity contribution < 1.29 is 22.8 Å². The molecule has 0 radical (unpaired) electrons. The topological polar surface area (TPSA) is 72.2 Å². The van der Waals surface area contributed by atoms with E-state index in [2.05, 4.69) is 5.32 Å². The van der Waals surface area contributed by atoms with E-state index in [9.17, 15) is 22.8 Å². The lowest BCUT2D eigenvalue weighted by Gasteiger charge is -2.09. The van der Waals surface area contributed by atoms with Crippen molar-refractivity contribution in [3.8, 4) is 10.4 Å². The van der Waals surface area contributed by atoms with Crippen LogP contribution in [0.25, 0.3) is 10.4 Å². The molecule has 3 rings (SSSR count). The SMILES string of the molecule is NC(=O)c1cc(-c2ccccc2)sc1NC(=O)c1cccc(C(F)(F)F)c1. The van der Waals surface area contributed by atoms with Gasteiger partial charge in [-0.25, -0.2) is 0 Å². The van der Waals surface area contributed by atoms with Gasteiger partial charge in [0.05, 0.1) is 11.1 Å². The Balaban J connectivity index is 1.92. The molecule has 1 heterocycles. The molecule has 0 aliphatic heterocycles. The van der Waals surface area contributed by atoms with Gasteiger partial charge in [0.15, 0.2) is 0 Å². The number of amides is 2. The zero-order valence-electron chi connectivity index (χ0n) is 13.7. The third kappa shape index (κ3) is 4.17. The van der Waals surface area contributed by atoms with Crippen LogP contribution in [0.3, 0.4) is 0 Å². The fourth-order valence-corrected chi connectivity index (χ4v) is 3.49. The van der Waals surface area contributed by atoms with E-state index in [0.717, 1.165) is 35.1 Å². The van der Waals surface area contributed by atoms with Crippen LogP contribution in [-0.2, 0) is 6.18 Å². The van der Waals surface area contributed by atoms with Crippen LogP contribution in [0.4, 0.5) is 18.2 Å². The predicted octanol–water partition coefficient (Wildman–Crippen LogP) is 4.79. The van der Waals surface area contributed by atoms with Crippen LogP contribution in [0, 0.1) is 0 Å². The zero-order chi connectivity index (χ0) is 19.6. The van der Waals surface area contributed by atoms with Crippen molar-refractivity contribution in [2.75, 3.05) is 5.32 Å². The molecule has 0 spiro atoms. The molecular formula is C19H13F3N2O2S. The minimum Gasteiger partial charge on any atom is -0.366 e. The number of alkyl halides is 3. The molecule has 0 saturated carbocycles. The number of benzene rings is 2. The molecule has 3 aromatic rings. The highest BCUT2D eigenvalue weighted by atomic mass is 32.1. The van der Waals surface area contributed by atoms with Crippen molar-refractivity contribution >= 4 is 28.2 Å². The van der Waals surface area contributed by atoms with Crippen LogP contribution >= 0.6 is 11.3 Å². The molecule has 0 saturated heterocycles. The average Bonchev–Trinajstić information content (AvgIpc) is 3.06. The Kier molecular flexibility index (Phi) is 5.00. The number of nitrogens with one attached hydrogen (secondary N) is 1. The van der Waals surface area contributed by atoms with E-state index in [0.29, 0.717) is 4.88 Å². The maximum absolute atomic E-state index is 12.8. The van der Waals surface area contributed by atoms with Crippen LogP contribution in [0.2, 0.25) is 0 Å². The second-order valence-corrected chi connectivity index (χ2v) is 6.67.